The fourth-order valence-electron chi connectivity index (χ4n) is 1.12. The van der Waals surface area contributed by atoms with E-state index in [-0.39, 0.29) is 16.6 Å². The Balaban J connectivity index is 4.47. The number of rotatable bonds is 3. The lowest BCUT2D eigenvalue weighted by atomic mass is 9.87. The predicted molar refractivity (Wildman–Crippen MR) is 60.0 cm³/mol. The van der Waals surface area contributed by atoms with Gasteiger partial charge in [-0.3, -0.25) is 4.79 Å². The number of hydrogen-bond acceptors (Lipinski definition) is 3. The summed E-state index contributed by atoms with van der Waals surface area (Å²) in [5, 5.41) is 3.52. The first-order valence-corrected chi connectivity index (χ1v) is 5.85. The summed E-state index contributed by atoms with van der Waals surface area (Å²) < 4.78 is 0. The van der Waals surface area contributed by atoms with Gasteiger partial charge in [-0.1, -0.05) is 46.4 Å². The molecule has 0 amide bonds. The molecule has 0 aliphatic heterocycles. The van der Waals surface area contributed by atoms with Crippen molar-refractivity contribution in [3.05, 3.63) is 0 Å². The van der Waals surface area contributed by atoms with Crippen LogP contribution in [0.15, 0.2) is 0 Å². The van der Waals surface area contributed by atoms with Gasteiger partial charge in [0.25, 0.3) is 0 Å². The van der Waals surface area contributed by atoms with Crippen molar-refractivity contribution in [2.45, 2.75) is 46.7 Å². The lowest BCUT2D eigenvalue weighted by Gasteiger charge is -2.31. The second-order valence-electron chi connectivity index (χ2n) is 4.64. The summed E-state index contributed by atoms with van der Waals surface area (Å²) in [5.41, 5.74) is -0.00956. The third kappa shape index (κ3) is 4.67. The molecule has 13 heavy (non-hydrogen) atoms. The van der Waals surface area contributed by atoms with E-state index in [1.54, 1.807) is 0 Å². The van der Waals surface area contributed by atoms with Gasteiger partial charge in [-0.15, -0.1) is 0 Å². The fraction of sp³-hybridized carbons (Fsp3) is 0.900. The zero-order valence-electron chi connectivity index (χ0n) is 9.47. The number of thioether (sulfide) groups is 1. The van der Waals surface area contributed by atoms with E-state index in [9.17, 15) is 4.79 Å². The van der Waals surface area contributed by atoms with Crippen LogP contribution in [0, 0.1) is 5.41 Å². The molecule has 0 aliphatic rings. The summed E-state index contributed by atoms with van der Waals surface area (Å²) in [6.07, 6.45) is 1.84. The molecule has 0 saturated heterocycles. The number of carbonyl (C=O) groups is 1. The van der Waals surface area contributed by atoms with Gasteiger partial charge in [0, 0.05) is 6.04 Å². The molecule has 78 valence electrons. The van der Waals surface area contributed by atoms with Crippen molar-refractivity contribution in [2.24, 2.45) is 5.41 Å². The normalized spacial score (nSPS) is 14.7. The van der Waals surface area contributed by atoms with Gasteiger partial charge in [0.15, 0.2) is 0 Å². The van der Waals surface area contributed by atoms with Gasteiger partial charge in [-0.05, 0) is 11.7 Å². The van der Waals surface area contributed by atoms with Gasteiger partial charge in [-0.25, -0.2) is 0 Å². The van der Waals surface area contributed by atoms with Crippen LogP contribution in [0.5, 0.6) is 0 Å². The maximum atomic E-state index is 11.6. The van der Waals surface area contributed by atoms with Gasteiger partial charge in [0.1, 0.15) is 0 Å². The van der Waals surface area contributed by atoms with Crippen molar-refractivity contribution in [3.63, 3.8) is 0 Å². The molecule has 0 aromatic heterocycles. The van der Waals surface area contributed by atoms with Crippen molar-refractivity contribution in [2.75, 3.05) is 6.26 Å². The molecule has 0 aliphatic carbocycles. The van der Waals surface area contributed by atoms with Crippen LogP contribution in [0.1, 0.15) is 34.6 Å². The Labute approximate surface area is 85.9 Å². The molecule has 1 atom stereocenters. The zero-order valence-corrected chi connectivity index (χ0v) is 10.3. The van der Waals surface area contributed by atoms with E-state index in [0.29, 0.717) is 6.04 Å². The lowest BCUT2D eigenvalue weighted by Crippen LogP contribution is -2.48. The molecule has 0 unspecified atom stereocenters. The number of carbonyl (C=O) groups excluding carboxylic acids is 1. The highest BCUT2D eigenvalue weighted by Crippen LogP contribution is 2.23. The molecule has 0 fully saturated rings. The zero-order chi connectivity index (χ0) is 10.6. The van der Waals surface area contributed by atoms with Gasteiger partial charge in [0.2, 0.25) is 5.12 Å². The second-order valence-corrected chi connectivity index (χ2v) is 5.45. The van der Waals surface area contributed by atoms with Crippen molar-refractivity contribution in [1.29, 1.82) is 0 Å². The average Bonchev–Trinajstić information content (AvgIpc) is 1.96. The van der Waals surface area contributed by atoms with E-state index in [1.165, 1.54) is 11.8 Å². The van der Waals surface area contributed by atoms with E-state index in [4.69, 9.17) is 0 Å². The van der Waals surface area contributed by atoms with Crippen LogP contribution in [0.3, 0.4) is 0 Å². The Hall–Kier alpha value is -0.0200. The third-order valence-corrected chi connectivity index (χ3v) is 2.44. The van der Waals surface area contributed by atoms with Crippen molar-refractivity contribution < 1.29 is 4.79 Å². The average molecular weight is 203 g/mol. The summed E-state index contributed by atoms with van der Waals surface area (Å²) >= 11 is 1.30. The Kier molecular flexibility index (Phi) is 5.00. The van der Waals surface area contributed by atoms with Crippen molar-refractivity contribution >= 4 is 16.9 Å². The van der Waals surface area contributed by atoms with Crippen LogP contribution in [-0.2, 0) is 4.79 Å². The lowest BCUT2D eigenvalue weighted by molar-refractivity contribution is -0.115. The number of nitrogens with one attached hydrogen (secondary N) is 1. The van der Waals surface area contributed by atoms with E-state index < -0.39 is 0 Å². The Morgan fingerprint density at radius 1 is 1.31 bits per heavy atom. The van der Waals surface area contributed by atoms with Crippen LogP contribution in [0.4, 0.5) is 0 Å². The van der Waals surface area contributed by atoms with Gasteiger partial charge in [0.05, 0.1) is 6.04 Å². The summed E-state index contributed by atoms with van der Waals surface area (Å²) in [4.78, 5) is 11.6. The van der Waals surface area contributed by atoms with Gasteiger partial charge >= 0.3 is 0 Å². The van der Waals surface area contributed by atoms with E-state index in [1.807, 2.05) is 6.26 Å². The smallest absolute Gasteiger partial charge is 0.206 e. The van der Waals surface area contributed by atoms with Crippen LogP contribution < -0.4 is 5.32 Å². The molecule has 0 aromatic carbocycles. The second kappa shape index (κ2) is 5.01. The first kappa shape index (κ1) is 13.0. The highest BCUT2D eigenvalue weighted by atomic mass is 32.2. The SMILES string of the molecule is CSC(=O)[C@@H](NC(C)C)C(C)(C)C. The molecule has 0 saturated carbocycles. The summed E-state index contributed by atoms with van der Waals surface area (Å²) in [5.74, 6) is 0. The molecule has 0 heterocycles. The fourth-order valence-corrected chi connectivity index (χ4v) is 1.78. The molecule has 1 N–H and O–H groups in total. The molecule has 0 bridgehead atoms. The van der Waals surface area contributed by atoms with E-state index in [2.05, 4.69) is 39.9 Å². The van der Waals surface area contributed by atoms with Gasteiger partial charge in [-0.2, -0.15) is 0 Å². The molecule has 2 nitrogen and oxygen atoms in total. The molecule has 0 radical (unpaired) electrons. The minimum Gasteiger partial charge on any atom is -0.304 e. The summed E-state index contributed by atoms with van der Waals surface area (Å²) in [6.45, 7) is 10.4. The Morgan fingerprint density at radius 2 is 1.77 bits per heavy atom. The third-order valence-electron chi connectivity index (χ3n) is 1.80. The quantitative estimate of drug-likeness (QED) is 0.763. The highest BCUT2D eigenvalue weighted by Gasteiger charge is 2.30. The molecule has 3 heteroatoms. The molecular weight excluding hydrogens is 182 g/mol. The summed E-state index contributed by atoms with van der Waals surface area (Å²) in [7, 11) is 0. The minimum atomic E-state index is -0.0532. The predicted octanol–water partition coefficient (Wildman–Crippen LogP) is 2.29. The van der Waals surface area contributed by atoms with E-state index >= 15 is 0 Å². The molecule has 0 rings (SSSR count). The largest absolute Gasteiger partial charge is 0.304 e. The highest BCUT2D eigenvalue weighted by molar-refractivity contribution is 8.13. The van der Waals surface area contributed by atoms with Crippen LogP contribution in [0.2, 0.25) is 0 Å². The Bertz CT molecular complexity index is 172. The maximum Gasteiger partial charge on any atom is 0.206 e. The van der Waals surface area contributed by atoms with Crippen molar-refractivity contribution in [3.8, 4) is 0 Å². The van der Waals surface area contributed by atoms with Crippen LogP contribution in [0.25, 0.3) is 0 Å². The van der Waals surface area contributed by atoms with Gasteiger partial charge < -0.3 is 5.32 Å². The summed E-state index contributed by atoms with van der Waals surface area (Å²) in [6, 6.07) is 0.294. The van der Waals surface area contributed by atoms with Crippen LogP contribution in [-0.4, -0.2) is 23.5 Å². The molecule has 0 aromatic rings. The van der Waals surface area contributed by atoms with Crippen LogP contribution >= 0.6 is 11.8 Å². The standard InChI is InChI=1S/C10H21NOS/c1-7(2)11-8(9(12)13-6)10(3,4)5/h7-8,11H,1-6H3/t8-/m1/s1. The van der Waals surface area contributed by atoms with Crippen molar-refractivity contribution in [1.82, 2.24) is 5.32 Å². The number of hydrogen-bond donors (Lipinski definition) is 1. The monoisotopic (exact) mass is 203 g/mol. The molecular formula is C10H21NOS. The first-order valence-electron chi connectivity index (χ1n) is 4.63. The minimum absolute atomic E-state index is 0.00956. The molecule has 0 spiro atoms. The maximum absolute atomic E-state index is 11.6. The first-order chi connectivity index (χ1) is 5.79. The van der Waals surface area contributed by atoms with E-state index in [0.717, 1.165) is 0 Å². The topological polar surface area (TPSA) is 29.1 Å². The Morgan fingerprint density at radius 3 is 2.00 bits per heavy atom.